The van der Waals surface area contributed by atoms with Crippen molar-refractivity contribution in [2.24, 2.45) is 5.84 Å². The molecule has 2 aromatic rings. The van der Waals surface area contributed by atoms with Crippen LogP contribution in [0.15, 0.2) is 30.6 Å². The van der Waals surface area contributed by atoms with Crippen LogP contribution in [0.3, 0.4) is 0 Å². The molecule has 3 N–H and O–H groups in total. The number of aryl methyl sites for hydroxylation is 3. The van der Waals surface area contributed by atoms with Gasteiger partial charge in [0.25, 0.3) is 0 Å². The molecule has 0 saturated carbocycles. The number of rotatable bonds is 4. The average Bonchev–Trinajstić information content (AvgIpc) is 2.77. The van der Waals surface area contributed by atoms with Crippen molar-refractivity contribution in [2.75, 3.05) is 0 Å². The van der Waals surface area contributed by atoms with E-state index < -0.39 is 0 Å². The predicted molar refractivity (Wildman–Crippen MR) is 73.0 cm³/mol. The van der Waals surface area contributed by atoms with E-state index in [0.29, 0.717) is 0 Å². The molecule has 0 aliphatic carbocycles. The predicted octanol–water partition coefficient (Wildman–Crippen LogP) is 2.07. The highest BCUT2D eigenvalue weighted by Crippen LogP contribution is 2.23. The molecule has 0 bridgehead atoms. The zero-order chi connectivity index (χ0) is 13.1. The lowest BCUT2D eigenvalue weighted by Crippen LogP contribution is -2.28. The highest BCUT2D eigenvalue weighted by atomic mass is 15.3. The molecule has 4 heteroatoms. The fourth-order valence-electron chi connectivity index (χ4n) is 2.26. The number of hydrogen-bond acceptors (Lipinski definition) is 3. The van der Waals surface area contributed by atoms with Crippen LogP contribution in [-0.2, 0) is 6.54 Å². The minimum absolute atomic E-state index is 0.0103. The zero-order valence-corrected chi connectivity index (χ0v) is 11.1. The molecule has 0 aliphatic heterocycles. The smallest absolute Gasteiger partial charge is 0.0740 e. The molecule has 1 aromatic carbocycles. The van der Waals surface area contributed by atoms with Crippen molar-refractivity contribution < 1.29 is 0 Å². The van der Waals surface area contributed by atoms with Gasteiger partial charge in [-0.3, -0.25) is 10.5 Å². The molecule has 1 atom stereocenters. The maximum Gasteiger partial charge on any atom is 0.0740 e. The zero-order valence-electron chi connectivity index (χ0n) is 11.1. The third-order valence-corrected chi connectivity index (χ3v) is 3.05. The summed E-state index contributed by atoms with van der Waals surface area (Å²) in [7, 11) is 0. The summed E-state index contributed by atoms with van der Waals surface area (Å²) < 4.78 is 1.91. The van der Waals surface area contributed by atoms with Gasteiger partial charge in [0, 0.05) is 18.3 Å². The Hall–Kier alpha value is -1.65. The van der Waals surface area contributed by atoms with Crippen LogP contribution in [0.1, 0.15) is 35.2 Å². The Labute approximate surface area is 108 Å². The van der Waals surface area contributed by atoms with E-state index in [4.69, 9.17) is 5.84 Å². The van der Waals surface area contributed by atoms with E-state index in [1.807, 2.05) is 17.1 Å². The summed E-state index contributed by atoms with van der Waals surface area (Å²) in [5, 5.41) is 4.30. The number of hydrogen-bond donors (Lipinski definition) is 2. The lowest BCUT2D eigenvalue weighted by atomic mass is 9.98. The first-order valence-corrected chi connectivity index (χ1v) is 6.20. The van der Waals surface area contributed by atoms with Gasteiger partial charge in [0.2, 0.25) is 0 Å². The normalized spacial score (nSPS) is 12.7. The summed E-state index contributed by atoms with van der Waals surface area (Å²) >= 11 is 0. The first kappa shape index (κ1) is 12.8. The van der Waals surface area contributed by atoms with Crippen molar-refractivity contribution in [2.45, 2.75) is 33.4 Å². The molecule has 1 unspecified atom stereocenters. The highest BCUT2D eigenvalue weighted by Gasteiger charge is 2.14. The van der Waals surface area contributed by atoms with Gasteiger partial charge in [0.15, 0.2) is 0 Å². The average molecular weight is 244 g/mol. The van der Waals surface area contributed by atoms with Crippen LogP contribution in [0, 0.1) is 13.8 Å². The number of benzene rings is 1. The molecular formula is C14H20N4. The second-order valence-corrected chi connectivity index (χ2v) is 4.65. The highest BCUT2D eigenvalue weighted by molar-refractivity contribution is 5.35. The molecule has 0 spiro atoms. The molecule has 1 heterocycles. The van der Waals surface area contributed by atoms with Gasteiger partial charge in [-0.15, -0.1) is 0 Å². The van der Waals surface area contributed by atoms with Crippen molar-refractivity contribution in [3.8, 4) is 0 Å². The van der Waals surface area contributed by atoms with Crippen molar-refractivity contribution in [1.82, 2.24) is 15.2 Å². The molecule has 0 aliphatic rings. The number of nitrogens with zero attached hydrogens (tertiary/aromatic N) is 2. The van der Waals surface area contributed by atoms with Crippen molar-refractivity contribution in [3.63, 3.8) is 0 Å². The van der Waals surface area contributed by atoms with Gasteiger partial charge in [0.05, 0.1) is 12.2 Å². The van der Waals surface area contributed by atoms with Gasteiger partial charge in [-0.2, -0.15) is 5.10 Å². The van der Waals surface area contributed by atoms with E-state index in [-0.39, 0.29) is 6.04 Å². The Morgan fingerprint density at radius 3 is 2.39 bits per heavy atom. The maximum absolute atomic E-state index is 5.70. The van der Waals surface area contributed by atoms with Crippen molar-refractivity contribution in [1.29, 1.82) is 0 Å². The number of nitrogens with one attached hydrogen (secondary N) is 1. The minimum Gasteiger partial charge on any atom is -0.273 e. The second kappa shape index (κ2) is 5.33. The lowest BCUT2D eigenvalue weighted by Gasteiger charge is -2.16. The first-order chi connectivity index (χ1) is 8.63. The summed E-state index contributed by atoms with van der Waals surface area (Å²) in [5.74, 6) is 5.70. The van der Waals surface area contributed by atoms with Gasteiger partial charge in [-0.05, 0) is 26.3 Å². The van der Waals surface area contributed by atoms with Gasteiger partial charge < -0.3 is 0 Å². The maximum atomic E-state index is 5.70. The third kappa shape index (κ3) is 2.60. The number of hydrazine groups is 1. The van der Waals surface area contributed by atoms with Crippen LogP contribution in [0.25, 0.3) is 0 Å². The van der Waals surface area contributed by atoms with Gasteiger partial charge >= 0.3 is 0 Å². The molecular weight excluding hydrogens is 224 g/mol. The van der Waals surface area contributed by atoms with E-state index in [1.165, 1.54) is 16.7 Å². The molecule has 18 heavy (non-hydrogen) atoms. The summed E-state index contributed by atoms with van der Waals surface area (Å²) in [6.45, 7) is 7.13. The fourth-order valence-corrected chi connectivity index (χ4v) is 2.26. The Morgan fingerprint density at radius 1 is 1.22 bits per heavy atom. The SMILES string of the molecule is CCn1cc(C(NN)c2cc(C)cc(C)c2)cn1. The van der Waals surface area contributed by atoms with E-state index in [0.717, 1.165) is 12.1 Å². The Bertz CT molecular complexity index is 510. The second-order valence-electron chi connectivity index (χ2n) is 4.65. The third-order valence-electron chi connectivity index (χ3n) is 3.05. The number of aromatic nitrogens is 2. The topological polar surface area (TPSA) is 55.9 Å². The van der Waals surface area contributed by atoms with Gasteiger partial charge in [-0.1, -0.05) is 29.3 Å². The Balaban J connectivity index is 2.38. The summed E-state index contributed by atoms with van der Waals surface area (Å²) in [4.78, 5) is 0. The van der Waals surface area contributed by atoms with Crippen LogP contribution < -0.4 is 11.3 Å². The summed E-state index contributed by atoms with van der Waals surface area (Å²) in [6, 6.07) is 6.46. The molecule has 96 valence electrons. The molecule has 2 rings (SSSR count). The standard InChI is InChI=1S/C14H20N4/c1-4-18-9-13(8-16-18)14(17-15)12-6-10(2)5-11(3)7-12/h5-9,14,17H,4,15H2,1-3H3. The van der Waals surface area contributed by atoms with Crippen LogP contribution in [0.2, 0.25) is 0 Å². The number of nitrogens with two attached hydrogens (primary N) is 1. The van der Waals surface area contributed by atoms with E-state index >= 15 is 0 Å². The fraction of sp³-hybridized carbons (Fsp3) is 0.357. The van der Waals surface area contributed by atoms with E-state index in [2.05, 4.69) is 49.5 Å². The summed E-state index contributed by atoms with van der Waals surface area (Å²) in [5.41, 5.74) is 7.62. The van der Waals surface area contributed by atoms with E-state index in [1.54, 1.807) is 0 Å². The van der Waals surface area contributed by atoms with Gasteiger partial charge in [0.1, 0.15) is 0 Å². The molecule has 0 radical (unpaired) electrons. The minimum atomic E-state index is -0.0103. The van der Waals surface area contributed by atoms with E-state index in [9.17, 15) is 0 Å². The van der Waals surface area contributed by atoms with Crippen LogP contribution in [0.4, 0.5) is 0 Å². The molecule has 0 fully saturated rings. The molecule has 4 nitrogen and oxygen atoms in total. The summed E-state index contributed by atoms with van der Waals surface area (Å²) in [6.07, 6.45) is 3.90. The van der Waals surface area contributed by atoms with Crippen LogP contribution in [0.5, 0.6) is 0 Å². The van der Waals surface area contributed by atoms with Crippen molar-refractivity contribution >= 4 is 0 Å². The van der Waals surface area contributed by atoms with Gasteiger partial charge in [-0.25, -0.2) is 5.43 Å². The Kier molecular flexibility index (Phi) is 3.79. The van der Waals surface area contributed by atoms with Crippen LogP contribution in [-0.4, -0.2) is 9.78 Å². The lowest BCUT2D eigenvalue weighted by molar-refractivity contribution is 0.629. The first-order valence-electron chi connectivity index (χ1n) is 6.20. The quantitative estimate of drug-likeness (QED) is 0.639. The Morgan fingerprint density at radius 2 is 1.89 bits per heavy atom. The monoisotopic (exact) mass is 244 g/mol. The molecule has 0 saturated heterocycles. The molecule has 1 aromatic heterocycles. The largest absolute Gasteiger partial charge is 0.273 e. The van der Waals surface area contributed by atoms with Crippen molar-refractivity contribution in [3.05, 3.63) is 52.8 Å². The molecule has 0 amide bonds. The van der Waals surface area contributed by atoms with Crippen LogP contribution >= 0.6 is 0 Å².